The number of hydrogen-bond donors (Lipinski definition) is 0. The summed E-state index contributed by atoms with van der Waals surface area (Å²) in [6.07, 6.45) is 17.2. The fourth-order valence-electron chi connectivity index (χ4n) is 3.12. The maximum absolute atomic E-state index is 9.50. The van der Waals surface area contributed by atoms with Gasteiger partial charge in [-0.15, -0.1) is 11.3 Å². The second-order valence-electron chi connectivity index (χ2n) is 10.9. The van der Waals surface area contributed by atoms with Crippen LogP contribution in [0.25, 0.3) is 4.85 Å². The van der Waals surface area contributed by atoms with E-state index in [0.717, 1.165) is 5.01 Å². The molecule has 5 heterocycles. The molecule has 5 aromatic heterocycles. The molecule has 80 heavy (non-hydrogen) atoms. The highest BCUT2D eigenvalue weighted by Crippen LogP contribution is 1.98. The first kappa shape index (κ1) is 112. The Kier molecular flexibility index (Phi) is 195. The van der Waals surface area contributed by atoms with Crippen LogP contribution in [0, 0.1) is 13.5 Å². The number of pyridine rings is 3. The normalized spacial score (nSPS) is 6.38. The van der Waals surface area contributed by atoms with Gasteiger partial charge < -0.3 is 4.85 Å². The van der Waals surface area contributed by atoms with Gasteiger partial charge in [0.05, 0.1) is 12.2 Å². The Morgan fingerprint density at radius 1 is 0.375 bits per heavy atom. The standard InChI is InChI=1S/4C6H6.3C5H5N.C4H6N2.C4H5NS.C3H8.C2H3N.6C2H6.CH3F.6CH4/c7*1-2-4-6-5-3-1;1-6-4-2-3-5-6;1-4-5-2-3-6-4;2*1-3-2;7*1-2;;;;;;/h4*1-6H;3*1-5H;2-4H,1H3;2-3H,1H3;3H2,1-2H3;1H3;6*1-2H3;1H3;6*1H4. The van der Waals surface area contributed by atoms with Gasteiger partial charge in [0.2, 0.25) is 7.05 Å². The van der Waals surface area contributed by atoms with Gasteiger partial charge in [-0.25, -0.2) is 6.57 Å². The third-order valence-electron chi connectivity index (χ3n) is 5.56. The van der Waals surface area contributed by atoms with E-state index in [1.54, 1.807) is 65.6 Å². The lowest BCUT2D eigenvalue weighted by molar-refractivity contribution is 0.636. The summed E-state index contributed by atoms with van der Waals surface area (Å²) in [6.45, 7) is 36.1. The van der Waals surface area contributed by atoms with Crippen LogP contribution in [-0.2, 0) is 7.05 Å². The van der Waals surface area contributed by atoms with Crippen molar-refractivity contribution >= 4 is 11.3 Å². The van der Waals surface area contributed by atoms with Crippen LogP contribution < -0.4 is 0 Å². The van der Waals surface area contributed by atoms with E-state index in [2.05, 4.69) is 43.7 Å². The first-order valence-electron chi connectivity index (χ1n) is 25.6. The topological polar surface area (TPSA) is 73.7 Å². The summed E-state index contributed by atoms with van der Waals surface area (Å²) in [6, 6.07) is 67.0. The Labute approximate surface area is 502 Å². The highest BCUT2D eigenvalue weighted by Gasteiger charge is 1.76. The summed E-state index contributed by atoms with van der Waals surface area (Å²) in [5.41, 5.74) is 0. The Morgan fingerprint density at radius 3 is 0.600 bits per heavy atom. The smallest absolute Gasteiger partial charge is 0.205 e. The Bertz CT molecular complexity index is 1430. The van der Waals surface area contributed by atoms with Gasteiger partial charge in [-0.2, -0.15) is 5.10 Å². The van der Waals surface area contributed by atoms with Gasteiger partial charge in [0.1, 0.15) is 0 Å². The van der Waals surface area contributed by atoms with Gasteiger partial charge in [0, 0.05) is 68.2 Å². The van der Waals surface area contributed by atoms with Gasteiger partial charge in [0.25, 0.3) is 0 Å². The summed E-state index contributed by atoms with van der Waals surface area (Å²) in [7, 11) is 3.81. The largest absolute Gasteiger partial charge is 0.320 e. The number of rotatable bonds is 0. The fourth-order valence-corrected chi connectivity index (χ4v) is 3.56. The molecule has 0 aliphatic rings. The molecule has 0 unspecified atom stereocenters. The molecule has 0 N–H and O–H groups in total. The second-order valence-corrected chi connectivity index (χ2v) is 12.0. The first-order valence-corrected chi connectivity index (χ1v) is 26.5. The summed E-state index contributed by atoms with van der Waals surface area (Å²) in [4.78, 5) is 18.0. The minimum absolute atomic E-state index is 0. The maximum Gasteiger partial charge on any atom is 0.205 e. The van der Waals surface area contributed by atoms with E-state index in [1.807, 2.05) is 315 Å². The van der Waals surface area contributed by atoms with Crippen LogP contribution in [0.3, 0.4) is 0 Å². The molecule has 456 valence electrons. The number of aryl methyl sites for hydroxylation is 2. The van der Waals surface area contributed by atoms with E-state index in [9.17, 15) is 4.39 Å². The lowest BCUT2D eigenvalue weighted by Gasteiger charge is -1.77. The molecule has 0 saturated carbocycles. The van der Waals surface area contributed by atoms with Gasteiger partial charge in [-0.1, -0.05) is 312 Å². The van der Waals surface area contributed by atoms with Crippen molar-refractivity contribution in [1.29, 1.82) is 0 Å². The molecule has 0 bridgehead atoms. The quantitative estimate of drug-likeness (QED) is 0.141. The van der Waals surface area contributed by atoms with Crippen LogP contribution in [0.5, 0.6) is 0 Å². The van der Waals surface area contributed by atoms with Crippen molar-refractivity contribution in [1.82, 2.24) is 29.7 Å². The van der Waals surface area contributed by atoms with E-state index >= 15 is 0 Å². The highest BCUT2D eigenvalue weighted by molar-refractivity contribution is 7.09. The monoisotopic (exact) mass is 1130 g/mol. The highest BCUT2D eigenvalue weighted by atomic mass is 32.1. The van der Waals surface area contributed by atoms with Crippen LogP contribution in [0.4, 0.5) is 4.39 Å². The third-order valence-corrected chi connectivity index (χ3v) is 6.26. The molecule has 0 aliphatic carbocycles. The van der Waals surface area contributed by atoms with Crippen molar-refractivity contribution in [3.63, 3.8) is 0 Å². The van der Waals surface area contributed by atoms with Crippen LogP contribution in [0.1, 0.15) is 153 Å². The van der Waals surface area contributed by atoms with E-state index in [0.29, 0.717) is 7.18 Å². The molecule has 0 fully saturated rings. The minimum Gasteiger partial charge on any atom is -0.320 e. The predicted molar refractivity (Wildman–Crippen MR) is 373 cm³/mol. The molecular weight excluding hydrogens is 1000 g/mol. The van der Waals surface area contributed by atoms with E-state index < -0.39 is 0 Å². The number of aromatic nitrogens is 6. The summed E-state index contributed by atoms with van der Waals surface area (Å²) < 4.78 is 11.2. The molecule has 0 saturated heterocycles. The number of thiazole rings is 1. The molecular formula is C71H124FN7S. The first-order chi connectivity index (χ1) is 36.6. The number of nitrogens with zero attached hydrogens (tertiary/aromatic N) is 7. The van der Waals surface area contributed by atoms with Crippen molar-refractivity contribution in [2.24, 2.45) is 7.05 Å². The van der Waals surface area contributed by atoms with Crippen molar-refractivity contribution in [3.05, 3.63) is 284 Å². The molecule has 7 nitrogen and oxygen atoms in total. The van der Waals surface area contributed by atoms with Crippen LogP contribution in [0.2, 0.25) is 0 Å². The molecule has 4 aromatic carbocycles. The average molecular weight is 1130 g/mol. The van der Waals surface area contributed by atoms with Gasteiger partial charge in [-0.05, 0) is 49.4 Å². The van der Waals surface area contributed by atoms with Crippen LogP contribution in [0.15, 0.2) is 267 Å². The van der Waals surface area contributed by atoms with E-state index in [4.69, 9.17) is 6.57 Å². The number of hydrogen-bond acceptors (Lipinski definition) is 6. The van der Waals surface area contributed by atoms with E-state index in [-0.39, 0.29) is 44.6 Å². The van der Waals surface area contributed by atoms with Crippen LogP contribution >= 0.6 is 11.3 Å². The molecule has 9 rings (SSSR count). The molecule has 9 aromatic rings. The zero-order valence-electron chi connectivity index (χ0n) is 49.0. The zero-order valence-corrected chi connectivity index (χ0v) is 49.8. The molecule has 9 heteroatoms. The second kappa shape index (κ2) is 139. The Morgan fingerprint density at radius 2 is 0.550 bits per heavy atom. The zero-order chi connectivity index (χ0) is 57.9. The van der Waals surface area contributed by atoms with Crippen molar-refractivity contribution in [2.75, 3.05) is 14.2 Å². The summed E-state index contributed by atoms with van der Waals surface area (Å²) in [5.74, 6) is 0. The molecule has 0 amide bonds. The number of alkyl halides is 1. The van der Waals surface area contributed by atoms with Crippen molar-refractivity contribution in [3.8, 4) is 0 Å². The Balaban J connectivity index is -0.0000000436. The van der Waals surface area contributed by atoms with Gasteiger partial charge in [0.15, 0.2) is 0 Å². The maximum atomic E-state index is 9.50. The average Bonchev–Trinajstić information content (AvgIpc) is 4.24. The predicted octanol–water partition coefficient (Wildman–Crippen LogP) is 24.4. The number of benzene rings is 4. The van der Waals surface area contributed by atoms with Crippen molar-refractivity contribution < 1.29 is 4.39 Å². The van der Waals surface area contributed by atoms with E-state index in [1.165, 1.54) is 13.5 Å². The Hall–Kier alpha value is -7.41. The fraction of sp³-hybridized carbons (Fsp3) is 0.352. The SMILES string of the molecule is C.C.C.C.C.C.CC.CC.CC.CC.CC.CC.CCC.CF.Cc1nccs1.Cn1cccn1.[C-]#[N+]C.c1ccccc1.c1ccccc1.c1ccccc1.c1ccccc1.c1ccncc1.c1ccncc1.c1ccncc1. The summed E-state index contributed by atoms with van der Waals surface area (Å²) in [5, 5.41) is 6.94. The molecule has 0 atom stereocenters. The lowest BCUT2D eigenvalue weighted by Crippen LogP contribution is -1.83. The number of halogens is 1. The lowest BCUT2D eigenvalue weighted by atomic mass is 10.4. The third kappa shape index (κ3) is 145. The van der Waals surface area contributed by atoms with Gasteiger partial charge >= 0.3 is 0 Å². The molecule has 0 spiro atoms. The van der Waals surface area contributed by atoms with Crippen molar-refractivity contribution in [2.45, 2.75) is 155 Å². The summed E-state index contributed by atoms with van der Waals surface area (Å²) >= 11 is 1.67. The van der Waals surface area contributed by atoms with Gasteiger partial charge in [-0.3, -0.25) is 29.0 Å². The minimum atomic E-state index is 0. The molecule has 0 aliphatic heterocycles. The van der Waals surface area contributed by atoms with Crippen LogP contribution in [-0.4, -0.2) is 43.9 Å². The molecule has 0 radical (unpaired) electrons.